The molecule has 5 N–H and O–H groups in total. The van der Waals surface area contributed by atoms with Gasteiger partial charge in [0.15, 0.2) is 0 Å². The van der Waals surface area contributed by atoms with Crippen LogP contribution in [0.5, 0.6) is 0 Å². The Kier molecular flexibility index (Phi) is 4.44. The molecule has 1 aromatic heterocycles. The molecule has 0 spiro atoms. The van der Waals surface area contributed by atoms with E-state index in [0.717, 1.165) is 6.08 Å². The molecule has 0 fully saturated rings. The van der Waals surface area contributed by atoms with Gasteiger partial charge in [-0.3, -0.25) is 14.8 Å². The minimum Gasteiger partial charge on any atom is -0.465 e. The lowest BCUT2D eigenvalue weighted by Crippen LogP contribution is -2.49. The van der Waals surface area contributed by atoms with Crippen molar-refractivity contribution in [1.82, 2.24) is 5.06 Å². The number of hydrogen-bond acceptors (Lipinski definition) is 5. The molecule has 7 heteroatoms. The molecule has 0 radical (unpaired) electrons. The Morgan fingerprint density at radius 1 is 1.59 bits per heavy atom. The third-order valence-electron chi connectivity index (χ3n) is 2.01. The minimum absolute atomic E-state index is 0.196. The van der Waals surface area contributed by atoms with Crippen molar-refractivity contribution in [2.24, 2.45) is 11.5 Å². The Bertz CT molecular complexity index is 413. The van der Waals surface area contributed by atoms with Crippen molar-refractivity contribution < 1.29 is 19.2 Å². The number of carbonyl (C=O) groups excluding carboxylic acids is 2. The molecule has 0 bridgehead atoms. The molecule has 0 aliphatic rings. The highest BCUT2D eigenvalue weighted by Gasteiger charge is 2.24. The normalized spacial score (nSPS) is 12.6. The van der Waals surface area contributed by atoms with Crippen LogP contribution in [0.25, 0.3) is 6.08 Å². The zero-order valence-corrected chi connectivity index (χ0v) is 8.95. The summed E-state index contributed by atoms with van der Waals surface area (Å²) in [5.41, 5.74) is 10.2. The van der Waals surface area contributed by atoms with Crippen molar-refractivity contribution >= 4 is 17.9 Å². The molecule has 1 atom stereocenters. The average Bonchev–Trinajstić information content (AvgIpc) is 2.78. The second kappa shape index (κ2) is 5.83. The predicted molar refractivity (Wildman–Crippen MR) is 58.4 cm³/mol. The van der Waals surface area contributed by atoms with Crippen LogP contribution in [-0.2, 0) is 9.59 Å². The van der Waals surface area contributed by atoms with Gasteiger partial charge in [0.25, 0.3) is 5.91 Å². The van der Waals surface area contributed by atoms with Gasteiger partial charge in [0.1, 0.15) is 11.8 Å². The van der Waals surface area contributed by atoms with E-state index in [0.29, 0.717) is 5.76 Å². The van der Waals surface area contributed by atoms with Crippen molar-refractivity contribution in [2.45, 2.75) is 6.04 Å². The number of hydrogen-bond donors (Lipinski definition) is 3. The summed E-state index contributed by atoms with van der Waals surface area (Å²) in [5, 5.41) is 9.59. The van der Waals surface area contributed by atoms with Crippen LogP contribution in [0.4, 0.5) is 0 Å². The smallest absolute Gasteiger partial charge is 0.270 e. The standard InChI is InChI=1S/C10H13N3O4/c11-6-8(10(12)15)13(16)9(14)4-3-7-2-1-5-17-7/h1-5,8,16H,6,11H2,(H2,12,15)/b4-3+/t8-/m0/s1. The number of nitrogens with two attached hydrogens (primary N) is 2. The fourth-order valence-electron chi connectivity index (χ4n) is 1.11. The van der Waals surface area contributed by atoms with Crippen LogP contribution in [0.2, 0.25) is 0 Å². The molecule has 0 unspecified atom stereocenters. The largest absolute Gasteiger partial charge is 0.465 e. The first kappa shape index (κ1) is 12.9. The predicted octanol–water partition coefficient (Wildman–Crippen LogP) is -0.677. The molecule has 1 heterocycles. The van der Waals surface area contributed by atoms with Gasteiger partial charge in [-0.15, -0.1) is 0 Å². The van der Waals surface area contributed by atoms with Gasteiger partial charge in [0.2, 0.25) is 5.91 Å². The lowest BCUT2D eigenvalue weighted by Gasteiger charge is -2.20. The van der Waals surface area contributed by atoms with E-state index in [1.165, 1.54) is 12.3 Å². The maximum absolute atomic E-state index is 11.4. The van der Waals surface area contributed by atoms with E-state index in [1.807, 2.05) is 0 Å². The van der Waals surface area contributed by atoms with Crippen molar-refractivity contribution in [1.29, 1.82) is 0 Å². The van der Waals surface area contributed by atoms with Gasteiger partial charge in [0.05, 0.1) is 6.26 Å². The Morgan fingerprint density at radius 3 is 2.76 bits per heavy atom. The van der Waals surface area contributed by atoms with Gasteiger partial charge in [0, 0.05) is 12.6 Å². The Morgan fingerprint density at radius 2 is 2.29 bits per heavy atom. The van der Waals surface area contributed by atoms with Gasteiger partial charge in [-0.1, -0.05) is 0 Å². The second-order valence-electron chi connectivity index (χ2n) is 3.19. The van der Waals surface area contributed by atoms with Gasteiger partial charge >= 0.3 is 0 Å². The monoisotopic (exact) mass is 239 g/mol. The van der Waals surface area contributed by atoms with E-state index in [2.05, 4.69) is 0 Å². The highest BCUT2D eigenvalue weighted by atomic mass is 16.5. The van der Waals surface area contributed by atoms with Crippen LogP contribution in [0.15, 0.2) is 28.9 Å². The van der Waals surface area contributed by atoms with E-state index in [-0.39, 0.29) is 11.6 Å². The summed E-state index contributed by atoms with van der Waals surface area (Å²) >= 11 is 0. The lowest BCUT2D eigenvalue weighted by atomic mass is 10.2. The van der Waals surface area contributed by atoms with Crippen LogP contribution >= 0.6 is 0 Å². The minimum atomic E-state index is -1.25. The first-order chi connectivity index (χ1) is 8.06. The molecular weight excluding hydrogens is 226 g/mol. The van der Waals surface area contributed by atoms with Gasteiger partial charge in [-0.25, -0.2) is 5.06 Å². The molecule has 0 aliphatic carbocycles. The molecule has 0 saturated carbocycles. The lowest BCUT2D eigenvalue weighted by molar-refractivity contribution is -0.173. The molecule has 0 saturated heterocycles. The number of hydroxylamine groups is 2. The summed E-state index contributed by atoms with van der Waals surface area (Å²) in [4.78, 5) is 22.3. The maximum Gasteiger partial charge on any atom is 0.270 e. The zero-order valence-electron chi connectivity index (χ0n) is 8.95. The zero-order chi connectivity index (χ0) is 12.8. The van der Waals surface area contributed by atoms with Crippen LogP contribution < -0.4 is 11.5 Å². The maximum atomic E-state index is 11.4. The number of amides is 2. The summed E-state index contributed by atoms with van der Waals surface area (Å²) < 4.78 is 4.94. The molecule has 7 nitrogen and oxygen atoms in total. The van der Waals surface area contributed by atoms with Crippen LogP contribution in [0, 0.1) is 0 Å². The number of furan rings is 1. The first-order valence-electron chi connectivity index (χ1n) is 4.79. The van der Waals surface area contributed by atoms with Crippen molar-refractivity contribution in [2.75, 3.05) is 6.54 Å². The number of rotatable bonds is 5. The van der Waals surface area contributed by atoms with Gasteiger partial charge < -0.3 is 15.9 Å². The summed E-state index contributed by atoms with van der Waals surface area (Å²) in [6.45, 7) is -0.258. The fourth-order valence-corrected chi connectivity index (χ4v) is 1.11. The van der Waals surface area contributed by atoms with E-state index in [1.54, 1.807) is 12.1 Å². The first-order valence-corrected chi connectivity index (χ1v) is 4.79. The summed E-state index contributed by atoms with van der Waals surface area (Å²) in [6.07, 6.45) is 3.83. The fraction of sp³-hybridized carbons (Fsp3) is 0.200. The van der Waals surface area contributed by atoms with Crippen molar-refractivity contribution in [3.05, 3.63) is 30.2 Å². The molecule has 17 heavy (non-hydrogen) atoms. The van der Waals surface area contributed by atoms with Gasteiger partial charge in [-0.05, 0) is 18.2 Å². The van der Waals surface area contributed by atoms with Crippen molar-refractivity contribution in [3.63, 3.8) is 0 Å². The summed E-state index contributed by atoms with van der Waals surface area (Å²) in [5.74, 6) is -1.25. The molecule has 92 valence electrons. The second-order valence-corrected chi connectivity index (χ2v) is 3.19. The van der Waals surface area contributed by atoms with E-state index in [9.17, 15) is 14.8 Å². The van der Waals surface area contributed by atoms with Crippen LogP contribution in [0.3, 0.4) is 0 Å². The summed E-state index contributed by atoms with van der Waals surface area (Å²) in [6, 6.07) is 2.02. The van der Waals surface area contributed by atoms with Gasteiger partial charge in [-0.2, -0.15) is 0 Å². The highest BCUT2D eigenvalue weighted by Crippen LogP contribution is 2.03. The SMILES string of the molecule is NC[C@@H](C(N)=O)N(O)C(=O)/C=C/c1ccco1. The Hall–Kier alpha value is -2.12. The van der Waals surface area contributed by atoms with E-state index < -0.39 is 17.9 Å². The molecular formula is C10H13N3O4. The Balaban J connectivity index is 2.66. The third-order valence-corrected chi connectivity index (χ3v) is 2.01. The molecule has 1 rings (SSSR count). The Labute approximate surface area is 97.2 Å². The van der Waals surface area contributed by atoms with Crippen molar-refractivity contribution in [3.8, 4) is 0 Å². The third kappa shape index (κ3) is 3.44. The highest BCUT2D eigenvalue weighted by molar-refractivity contribution is 5.94. The van der Waals surface area contributed by atoms with Crippen LogP contribution in [0.1, 0.15) is 5.76 Å². The molecule has 0 aliphatic heterocycles. The average molecular weight is 239 g/mol. The quantitative estimate of drug-likeness (QED) is 0.357. The number of primary amides is 1. The molecule has 2 amide bonds. The topological polar surface area (TPSA) is 123 Å². The summed E-state index contributed by atoms with van der Waals surface area (Å²) in [7, 11) is 0. The number of carbonyl (C=O) groups is 2. The molecule has 0 aromatic carbocycles. The molecule has 1 aromatic rings. The number of nitrogens with zero attached hydrogens (tertiary/aromatic N) is 1. The van der Waals surface area contributed by atoms with E-state index in [4.69, 9.17) is 15.9 Å². The van der Waals surface area contributed by atoms with E-state index >= 15 is 0 Å². The van der Waals surface area contributed by atoms with Crippen LogP contribution in [-0.4, -0.2) is 34.7 Å².